The van der Waals surface area contributed by atoms with E-state index in [0.29, 0.717) is 13.0 Å². The van der Waals surface area contributed by atoms with Gasteiger partial charge in [-0.05, 0) is 24.2 Å². The molecule has 5 heteroatoms. The first-order valence-corrected chi connectivity index (χ1v) is 7.28. The molecule has 0 radical (unpaired) electrons. The van der Waals surface area contributed by atoms with Crippen molar-refractivity contribution in [3.05, 3.63) is 29.8 Å². The molecule has 1 aliphatic rings. The predicted octanol–water partition coefficient (Wildman–Crippen LogP) is 1.74. The van der Waals surface area contributed by atoms with E-state index < -0.39 is 0 Å². The number of hydrogen-bond acceptors (Lipinski definition) is 4. The van der Waals surface area contributed by atoms with Crippen molar-refractivity contribution in [2.24, 2.45) is 5.92 Å². The minimum absolute atomic E-state index is 0.0780. The van der Waals surface area contributed by atoms with Crippen LogP contribution >= 0.6 is 0 Å². The Morgan fingerprint density at radius 3 is 2.76 bits per heavy atom. The second-order valence-electron chi connectivity index (χ2n) is 5.33. The average molecular weight is 290 g/mol. The van der Waals surface area contributed by atoms with Crippen LogP contribution in [0.4, 0.5) is 0 Å². The Labute approximate surface area is 125 Å². The van der Waals surface area contributed by atoms with Crippen LogP contribution in [0, 0.1) is 5.92 Å². The van der Waals surface area contributed by atoms with Crippen LogP contribution in [0.15, 0.2) is 24.3 Å². The maximum atomic E-state index is 12.1. The lowest BCUT2D eigenvalue weighted by Gasteiger charge is -2.24. The summed E-state index contributed by atoms with van der Waals surface area (Å²) >= 11 is 0. The lowest BCUT2D eigenvalue weighted by Crippen LogP contribution is -2.38. The number of rotatable bonds is 6. The van der Waals surface area contributed by atoms with E-state index in [1.165, 1.54) is 4.90 Å². The van der Waals surface area contributed by atoms with Crippen LogP contribution in [0.3, 0.4) is 0 Å². The standard InChI is InChI=1S/C16H22N2O3/c1-4-17-14(12-6-5-7-13(9-12)21-3)10-18-15(19)8-11(2)16(18)20/h5-7,9,11,14,17H,4,8,10H2,1-3H3. The Kier molecular flexibility index (Phi) is 4.96. The molecule has 2 rings (SSSR count). The summed E-state index contributed by atoms with van der Waals surface area (Å²) in [5, 5.41) is 3.33. The van der Waals surface area contributed by atoms with E-state index in [-0.39, 0.29) is 23.8 Å². The number of likely N-dealkylation sites (N-methyl/N-ethyl adjacent to an activating group) is 1. The van der Waals surface area contributed by atoms with E-state index in [1.807, 2.05) is 31.2 Å². The highest BCUT2D eigenvalue weighted by Crippen LogP contribution is 2.24. The minimum Gasteiger partial charge on any atom is -0.497 e. The first-order chi connectivity index (χ1) is 10.1. The molecule has 1 N–H and O–H groups in total. The number of ether oxygens (including phenoxy) is 1. The Balaban J connectivity index is 2.19. The lowest BCUT2D eigenvalue weighted by molar-refractivity contribution is -0.139. The van der Waals surface area contributed by atoms with Crippen molar-refractivity contribution >= 4 is 11.8 Å². The molecular weight excluding hydrogens is 268 g/mol. The van der Waals surface area contributed by atoms with Crippen molar-refractivity contribution in [2.45, 2.75) is 26.3 Å². The number of hydrogen-bond donors (Lipinski definition) is 1. The summed E-state index contributed by atoms with van der Waals surface area (Å²) in [6.07, 6.45) is 0.315. The molecule has 1 aliphatic heterocycles. The monoisotopic (exact) mass is 290 g/mol. The van der Waals surface area contributed by atoms with Crippen LogP contribution in [0.5, 0.6) is 5.75 Å². The van der Waals surface area contributed by atoms with Crippen molar-refractivity contribution in [2.75, 3.05) is 20.2 Å². The van der Waals surface area contributed by atoms with Crippen molar-refractivity contribution in [3.63, 3.8) is 0 Å². The van der Waals surface area contributed by atoms with Crippen LogP contribution in [0.25, 0.3) is 0 Å². The third-order valence-electron chi connectivity index (χ3n) is 3.78. The van der Waals surface area contributed by atoms with Gasteiger partial charge >= 0.3 is 0 Å². The smallest absolute Gasteiger partial charge is 0.232 e. The van der Waals surface area contributed by atoms with Crippen LogP contribution in [-0.4, -0.2) is 36.9 Å². The molecule has 2 atom stereocenters. The van der Waals surface area contributed by atoms with E-state index in [0.717, 1.165) is 17.9 Å². The molecule has 1 heterocycles. The zero-order valence-electron chi connectivity index (χ0n) is 12.8. The van der Waals surface area contributed by atoms with Gasteiger partial charge in [0, 0.05) is 18.9 Å². The summed E-state index contributed by atoms with van der Waals surface area (Å²) in [4.78, 5) is 25.4. The summed E-state index contributed by atoms with van der Waals surface area (Å²) in [6, 6.07) is 7.62. The molecule has 1 aromatic carbocycles. The second kappa shape index (κ2) is 6.72. The third kappa shape index (κ3) is 3.42. The van der Waals surface area contributed by atoms with Gasteiger partial charge in [0.25, 0.3) is 0 Å². The number of likely N-dealkylation sites (tertiary alicyclic amines) is 1. The molecule has 1 fully saturated rings. The zero-order chi connectivity index (χ0) is 15.4. The summed E-state index contributed by atoms with van der Waals surface area (Å²) in [5.74, 6) is 0.400. The summed E-state index contributed by atoms with van der Waals surface area (Å²) in [7, 11) is 1.62. The molecular formula is C16H22N2O3. The quantitative estimate of drug-likeness (QED) is 0.811. The summed E-state index contributed by atoms with van der Waals surface area (Å²) in [5.41, 5.74) is 1.01. The summed E-state index contributed by atoms with van der Waals surface area (Å²) < 4.78 is 5.24. The van der Waals surface area contributed by atoms with Gasteiger partial charge in [-0.15, -0.1) is 0 Å². The normalized spacial score (nSPS) is 20.0. The average Bonchev–Trinajstić information content (AvgIpc) is 2.73. The zero-order valence-corrected chi connectivity index (χ0v) is 12.8. The summed E-state index contributed by atoms with van der Waals surface area (Å²) in [6.45, 7) is 4.92. The van der Waals surface area contributed by atoms with Crippen molar-refractivity contribution in [3.8, 4) is 5.75 Å². The molecule has 1 aromatic rings. The third-order valence-corrected chi connectivity index (χ3v) is 3.78. The molecule has 0 spiro atoms. The van der Waals surface area contributed by atoms with Crippen molar-refractivity contribution in [1.82, 2.24) is 10.2 Å². The van der Waals surface area contributed by atoms with E-state index in [2.05, 4.69) is 5.32 Å². The number of carbonyl (C=O) groups excluding carboxylic acids is 2. The molecule has 0 aliphatic carbocycles. The Hall–Kier alpha value is -1.88. The van der Waals surface area contributed by atoms with Gasteiger partial charge in [-0.3, -0.25) is 14.5 Å². The molecule has 5 nitrogen and oxygen atoms in total. The molecule has 0 saturated carbocycles. The second-order valence-corrected chi connectivity index (χ2v) is 5.33. The van der Waals surface area contributed by atoms with Gasteiger partial charge < -0.3 is 10.1 Å². The first kappa shape index (κ1) is 15.5. The van der Waals surface area contributed by atoms with Crippen LogP contribution in [0.2, 0.25) is 0 Å². The van der Waals surface area contributed by atoms with Gasteiger partial charge in [0.1, 0.15) is 5.75 Å². The van der Waals surface area contributed by atoms with Gasteiger partial charge in [0.15, 0.2) is 0 Å². The molecule has 1 saturated heterocycles. The Morgan fingerprint density at radius 2 is 2.19 bits per heavy atom. The predicted molar refractivity (Wildman–Crippen MR) is 79.9 cm³/mol. The molecule has 2 unspecified atom stereocenters. The Morgan fingerprint density at radius 1 is 1.43 bits per heavy atom. The molecule has 0 bridgehead atoms. The van der Waals surface area contributed by atoms with E-state index in [4.69, 9.17) is 4.74 Å². The van der Waals surface area contributed by atoms with Crippen molar-refractivity contribution in [1.29, 1.82) is 0 Å². The van der Waals surface area contributed by atoms with Crippen LogP contribution < -0.4 is 10.1 Å². The maximum absolute atomic E-state index is 12.1. The topological polar surface area (TPSA) is 58.6 Å². The van der Waals surface area contributed by atoms with Crippen LogP contribution in [0.1, 0.15) is 31.9 Å². The van der Waals surface area contributed by atoms with Gasteiger partial charge in [-0.25, -0.2) is 0 Å². The maximum Gasteiger partial charge on any atom is 0.232 e. The van der Waals surface area contributed by atoms with Gasteiger partial charge in [0.05, 0.1) is 13.2 Å². The highest BCUT2D eigenvalue weighted by Gasteiger charge is 2.36. The fourth-order valence-corrected chi connectivity index (χ4v) is 2.62. The lowest BCUT2D eigenvalue weighted by atomic mass is 10.1. The van der Waals surface area contributed by atoms with Gasteiger partial charge in [-0.1, -0.05) is 26.0 Å². The minimum atomic E-state index is -0.204. The number of methoxy groups -OCH3 is 1. The number of imide groups is 1. The highest BCUT2D eigenvalue weighted by molar-refractivity contribution is 6.03. The van der Waals surface area contributed by atoms with Crippen LogP contribution in [-0.2, 0) is 9.59 Å². The molecule has 0 aromatic heterocycles. The molecule has 114 valence electrons. The van der Waals surface area contributed by atoms with Gasteiger partial charge in [0.2, 0.25) is 11.8 Å². The number of amides is 2. The number of nitrogens with zero attached hydrogens (tertiary/aromatic N) is 1. The number of carbonyl (C=O) groups is 2. The molecule has 21 heavy (non-hydrogen) atoms. The van der Waals surface area contributed by atoms with E-state index in [1.54, 1.807) is 14.0 Å². The fraction of sp³-hybridized carbons (Fsp3) is 0.500. The highest BCUT2D eigenvalue weighted by atomic mass is 16.5. The van der Waals surface area contributed by atoms with Crippen molar-refractivity contribution < 1.29 is 14.3 Å². The van der Waals surface area contributed by atoms with Gasteiger partial charge in [-0.2, -0.15) is 0 Å². The SMILES string of the molecule is CCNC(CN1C(=O)CC(C)C1=O)c1cccc(OC)c1. The van der Waals surface area contributed by atoms with E-state index in [9.17, 15) is 9.59 Å². The molecule has 2 amide bonds. The Bertz CT molecular complexity index is 530. The largest absolute Gasteiger partial charge is 0.497 e. The number of benzene rings is 1. The number of nitrogens with one attached hydrogen (secondary N) is 1. The van der Waals surface area contributed by atoms with E-state index >= 15 is 0 Å². The first-order valence-electron chi connectivity index (χ1n) is 7.28. The fourth-order valence-electron chi connectivity index (χ4n) is 2.62.